The van der Waals surface area contributed by atoms with Gasteiger partial charge in [0.05, 0.1) is 32.3 Å². The molecule has 0 atom stereocenters. The fourth-order valence-electron chi connectivity index (χ4n) is 3.35. The quantitative estimate of drug-likeness (QED) is 0.553. The summed E-state index contributed by atoms with van der Waals surface area (Å²) in [5, 5.41) is 2.93. The maximum Gasteiger partial charge on any atom is 0.246 e. The lowest BCUT2D eigenvalue weighted by Crippen LogP contribution is -2.40. The third-order valence-corrected chi connectivity index (χ3v) is 8.63. The van der Waals surface area contributed by atoms with Crippen LogP contribution in [0.4, 0.5) is 11.4 Å². The summed E-state index contributed by atoms with van der Waals surface area (Å²) < 4.78 is 63.6. The maximum atomic E-state index is 13.1. The average molecular weight is 532 g/mol. The number of hydrogen-bond acceptors (Lipinski definition) is 7. The van der Waals surface area contributed by atoms with Crippen LogP contribution < -0.4 is 14.4 Å². The van der Waals surface area contributed by atoms with Crippen molar-refractivity contribution in [3.05, 3.63) is 47.0 Å². The number of ether oxygens (including phenoxy) is 2. The molecule has 0 bridgehead atoms. The topological polar surface area (TPSA) is 122 Å². The first-order valence-electron chi connectivity index (χ1n) is 10.2. The molecule has 3 rings (SSSR count). The Bertz CT molecular complexity index is 1280. The van der Waals surface area contributed by atoms with Crippen molar-refractivity contribution in [3.63, 3.8) is 0 Å². The molecule has 34 heavy (non-hydrogen) atoms. The standard InChI is InChI=1S/C21H26ClN3O7S2/c1-15-4-6-17(13-18(15)22)25(33(3,27)28)14-21(26)23-16-5-7-19(31-2)20(12-16)34(29,30)24-8-10-32-11-9-24/h4-7,12-13H,8-11,14H2,1-3H3,(H,23,26). The predicted molar refractivity (Wildman–Crippen MR) is 130 cm³/mol. The van der Waals surface area contributed by atoms with E-state index in [1.807, 2.05) is 0 Å². The van der Waals surface area contributed by atoms with Gasteiger partial charge in [-0.3, -0.25) is 9.10 Å². The molecule has 2 aromatic carbocycles. The van der Waals surface area contributed by atoms with Crippen molar-refractivity contribution < 1.29 is 31.1 Å². The number of hydrogen-bond donors (Lipinski definition) is 1. The van der Waals surface area contributed by atoms with Crippen LogP contribution in [-0.2, 0) is 29.6 Å². The van der Waals surface area contributed by atoms with Crippen molar-refractivity contribution in [3.8, 4) is 5.75 Å². The smallest absolute Gasteiger partial charge is 0.246 e. The number of carbonyl (C=O) groups excluding carboxylic acids is 1. The van der Waals surface area contributed by atoms with E-state index in [1.165, 1.54) is 35.7 Å². The Hall–Kier alpha value is -2.38. The van der Waals surface area contributed by atoms with Gasteiger partial charge >= 0.3 is 0 Å². The molecule has 0 radical (unpaired) electrons. The van der Waals surface area contributed by atoms with Crippen LogP contribution >= 0.6 is 11.6 Å². The molecule has 186 valence electrons. The number of sulfonamides is 2. The SMILES string of the molecule is COc1ccc(NC(=O)CN(c2ccc(C)c(Cl)c2)S(C)(=O)=O)cc1S(=O)(=O)N1CCOCC1. The second kappa shape index (κ2) is 10.5. The van der Waals surface area contributed by atoms with Gasteiger partial charge < -0.3 is 14.8 Å². The van der Waals surface area contributed by atoms with Crippen molar-refractivity contribution in [1.82, 2.24) is 4.31 Å². The molecule has 1 saturated heterocycles. The van der Waals surface area contributed by atoms with Crippen LogP contribution in [0.5, 0.6) is 5.75 Å². The van der Waals surface area contributed by atoms with Crippen LogP contribution in [-0.4, -0.2) is 73.3 Å². The number of morpholine rings is 1. The Kier molecular flexibility index (Phi) is 8.09. The molecule has 1 aliphatic heterocycles. The molecule has 10 nitrogen and oxygen atoms in total. The number of methoxy groups -OCH3 is 1. The minimum Gasteiger partial charge on any atom is -0.495 e. The van der Waals surface area contributed by atoms with Gasteiger partial charge in [0.1, 0.15) is 17.2 Å². The lowest BCUT2D eigenvalue weighted by Gasteiger charge is -2.27. The van der Waals surface area contributed by atoms with Gasteiger partial charge in [-0.2, -0.15) is 4.31 Å². The van der Waals surface area contributed by atoms with Crippen LogP contribution in [0.25, 0.3) is 0 Å². The molecule has 1 amide bonds. The summed E-state index contributed by atoms with van der Waals surface area (Å²) in [4.78, 5) is 12.6. The second-order valence-corrected chi connectivity index (χ2v) is 11.9. The van der Waals surface area contributed by atoms with E-state index in [9.17, 15) is 21.6 Å². The normalized spacial score (nSPS) is 15.1. The molecule has 0 saturated carbocycles. The third-order valence-electron chi connectivity index (χ3n) is 5.17. The molecule has 1 N–H and O–H groups in total. The highest BCUT2D eigenvalue weighted by molar-refractivity contribution is 7.92. The third kappa shape index (κ3) is 5.99. The summed E-state index contributed by atoms with van der Waals surface area (Å²) >= 11 is 6.12. The molecule has 0 unspecified atom stereocenters. The number of nitrogens with zero attached hydrogens (tertiary/aromatic N) is 2. The highest BCUT2D eigenvalue weighted by atomic mass is 35.5. The van der Waals surface area contributed by atoms with Gasteiger partial charge in [-0.25, -0.2) is 16.8 Å². The van der Waals surface area contributed by atoms with Crippen LogP contribution in [0.3, 0.4) is 0 Å². The number of aryl methyl sites for hydroxylation is 1. The highest BCUT2D eigenvalue weighted by Gasteiger charge is 2.30. The van der Waals surface area contributed by atoms with Crippen LogP contribution in [0.2, 0.25) is 5.02 Å². The van der Waals surface area contributed by atoms with E-state index in [1.54, 1.807) is 19.1 Å². The number of carbonyl (C=O) groups is 1. The molecule has 13 heteroatoms. The summed E-state index contributed by atoms with van der Waals surface area (Å²) in [6, 6.07) is 8.86. The number of rotatable bonds is 8. The zero-order chi connectivity index (χ0) is 25.1. The molecular formula is C21H26ClN3O7S2. The Morgan fingerprint density at radius 3 is 2.41 bits per heavy atom. The van der Waals surface area contributed by atoms with E-state index in [2.05, 4.69) is 5.32 Å². The van der Waals surface area contributed by atoms with Gasteiger partial charge in [0.2, 0.25) is 26.0 Å². The summed E-state index contributed by atoms with van der Waals surface area (Å²) in [7, 11) is -6.37. The minimum absolute atomic E-state index is 0.111. The summed E-state index contributed by atoms with van der Waals surface area (Å²) in [6.45, 7) is 2.20. The van der Waals surface area contributed by atoms with E-state index >= 15 is 0 Å². The van der Waals surface area contributed by atoms with Crippen LogP contribution in [0, 0.1) is 6.92 Å². The first-order valence-corrected chi connectivity index (χ1v) is 13.9. The lowest BCUT2D eigenvalue weighted by molar-refractivity contribution is -0.114. The Balaban J connectivity index is 1.86. The fourth-order valence-corrected chi connectivity index (χ4v) is 5.96. The summed E-state index contributed by atoms with van der Waals surface area (Å²) in [5.74, 6) is -0.543. The van der Waals surface area contributed by atoms with Crippen molar-refractivity contribution >= 4 is 48.9 Å². The second-order valence-electron chi connectivity index (χ2n) is 7.63. The summed E-state index contributed by atoms with van der Waals surface area (Å²) in [6.07, 6.45) is 0.981. The highest BCUT2D eigenvalue weighted by Crippen LogP contribution is 2.30. The van der Waals surface area contributed by atoms with Crippen LogP contribution in [0.1, 0.15) is 5.56 Å². The van der Waals surface area contributed by atoms with Gasteiger partial charge in [-0.05, 0) is 42.8 Å². The lowest BCUT2D eigenvalue weighted by atomic mass is 10.2. The number of halogens is 1. The van der Waals surface area contributed by atoms with Crippen molar-refractivity contribution in [2.24, 2.45) is 0 Å². The van der Waals surface area contributed by atoms with Gasteiger partial charge in [0.25, 0.3) is 0 Å². The minimum atomic E-state index is -3.91. The average Bonchev–Trinajstić information content (AvgIpc) is 2.79. The monoisotopic (exact) mass is 531 g/mol. The molecule has 0 spiro atoms. The summed E-state index contributed by atoms with van der Waals surface area (Å²) in [5.41, 5.74) is 1.17. The predicted octanol–water partition coefficient (Wildman–Crippen LogP) is 2.08. The van der Waals surface area contributed by atoms with E-state index in [4.69, 9.17) is 21.1 Å². The number of benzene rings is 2. The van der Waals surface area contributed by atoms with E-state index in [-0.39, 0.29) is 48.3 Å². The molecule has 2 aromatic rings. The number of amides is 1. The molecule has 1 aliphatic rings. The van der Waals surface area contributed by atoms with Gasteiger partial charge in [-0.1, -0.05) is 17.7 Å². The zero-order valence-corrected chi connectivity index (χ0v) is 21.3. The first kappa shape index (κ1) is 26.2. The van der Waals surface area contributed by atoms with Crippen molar-refractivity contribution in [1.29, 1.82) is 0 Å². The maximum absolute atomic E-state index is 13.1. The van der Waals surface area contributed by atoms with E-state index < -0.39 is 32.5 Å². The van der Waals surface area contributed by atoms with Gasteiger partial charge in [0, 0.05) is 23.8 Å². The van der Waals surface area contributed by atoms with Gasteiger partial charge in [0.15, 0.2) is 0 Å². The van der Waals surface area contributed by atoms with Crippen LogP contribution in [0.15, 0.2) is 41.3 Å². The molecular weight excluding hydrogens is 506 g/mol. The Morgan fingerprint density at radius 2 is 1.82 bits per heavy atom. The largest absolute Gasteiger partial charge is 0.495 e. The van der Waals surface area contributed by atoms with Crippen molar-refractivity contribution in [2.75, 3.05) is 55.8 Å². The molecule has 1 heterocycles. The van der Waals surface area contributed by atoms with E-state index in [0.29, 0.717) is 5.02 Å². The Morgan fingerprint density at radius 1 is 1.15 bits per heavy atom. The van der Waals surface area contributed by atoms with Gasteiger partial charge in [-0.15, -0.1) is 0 Å². The van der Waals surface area contributed by atoms with E-state index in [0.717, 1.165) is 16.1 Å². The van der Waals surface area contributed by atoms with Crippen molar-refractivity contribution in [2.45, 2.75) is 11.8 Å². The Labute approximate surface area is 204 Å². The molecule has 0 aromatic heterocycles. The fraction of sp³-hybridized carbons (Fsp3) is 0.381. The number of anilines is 2. The first-order chi connectivity index (χ1) is 15.9. The molecule has 0 aliphatic carbocycles. The number of nitrogens with one attached hydrogen (secondary N) is 1. The molecule has 1 fully saturated rings. The zero-order valence-electron chi connectivity index (χ0n) is 18.9.